The van der Waals surface area contributed by atoms with Gasteiger partial charge in [0.15, 0.2) is 0 Å². The lowest BCUT2D eigenvalue weighted by Gasteiger charge is -2.19. The Morgan fingerprint density at radius 2 is 1.71 bits per heavy atom. The maximum Gasteiger partial charge on any atom is 0.275 e. The van der Waals surface area contributed by atoms with Gasteiger partial charge in [0.05, 0.1) is 17.7 Å². The van der Waals surface area contributed by atoms with E-state index in [0.29, 0.717) is 10.9 Å². The van der Waals surface area contributed by atoms with Crippen LogP contribution in [0.25, 0.3) is 22.0 Å². The summed E-state index contributed by atoms with van der Waals surface area (Å²) in [5, 5.41) is 6.07. The van der Waals surface area contributed by atoms with E-state index in [1.807, 2.05) is 44.2 Å². The van der Waals surface area contributed by atoms with E-state index >= 15 is 0 Å². The third-order valence-electron chi connectivity index (χ3n) is 5.35. The highest BCUT2D eigenvalue weighted by molar-refractivity contribution is 5.94. The van der Waals surface area contributed by atoms with Crippen molar-refractivity contribution in [2.24, 2.45) is 0 Å². The van der Waals surface area contributed by atoms with Crippen molar-refractivity contribution in [2.45, 2.75) is 27.1 Å². The number of benzene rings is 3. The molecule has 0 atom stereocenters. The van der Waals surface area contributed by atoms with E-state index in [1.54, 1.807) is 18.0 Å². The van der Waals surface area contributed by atoms with Gasteiger partial charge in [-0.15, -0.1) is 0 Å². The maximum absolute atomic E-state index is 14.1. The maximum atomic E-state index is 14.1. The number of hydrogen-bond acceptors (Lipinski definition) is 3. The summed E-state index contributed by atoms with van der Waals surface area (Å²) in [6.45, 7) is 4.42. The van der Waals surface area contributed by atoms with Crippen LogP contribution in [0.5, 0.6) is 0 Å². The molecule has 1 heterocycles. The molecule has 0 aliphatic heterocycles. The van der Waals surface area contributed by atoms with Gasteiger partial charge in [0, 0.05) is 29.1 Å². The van der Waals surface area contributed by atoms with Gasteiger partial charge in [-0.1, -0.05) is 42.0 Å². The van der Waals surface area contributed by atoms with E-state index in [0.717, 1.165) is 33.8 Å². The first kappa shape index (κ1) is 20.9. The Morgan fingerprint density at radius 3 is 2.45 bits per heavy atom. The van der Waals surface area contributed by atoms with Gasteiger partial charge in [0.25, 0.3) is 5.56 Å². The minimum absolute atomic E-state index is 0.165. The molecular weight excluding hydrogens is 396 g/mol. The van der Waals surface area contributed by atoms with Gasteiger partial charge in [-0.25, -0.2) is 13.5 Å². The molecule has 0 N–H and O–H groups in total. The van der Waals surface area contributed by atoms with Gasteiger partial charge in [-0.3, -0.25) is 9.69 Å². The van der Waals surface area contributed by atoms with Crippen molar-refractivity contribution in [3.63, 3.8) is 0 Å². The molecule has 0 fully saturated rings. The zero-order valence-electron chi connectivity index (χ0n) is 17.7. The number of halogens is 2. The van der Waals surface area contributed by atoms with Crippen molar-refractivity contribution < 1.29 is 8.78 Å². The second-order valence-corrected chi connectivity index (χ2v) is 7.91. The molecule has 0 saturated carbocycles. The number of hydrogen-bond donors (Lipinski definition) is 0. The highest BCUT2D eigenvalue weighted by atomic mass is 19.1. The van der Waals surface area contributed by atoms with Crippen LogP contribution in [-0.2, 0) is 13.2 Å². The van der Waals surface area contributed by atoms with Crippen molar-refractivity contribution in [2.75, 3.05) is 7.05 Å². The van der Waals surface area contributed by atoms with E-state index in [1.165, 1.54) is 16.8 Å². The second-order valence-electron chi connectivity index (χ2n) is 7.91. The monoisotopic (exact) mass is 419 g/mol. The Kier molecular flexibility index (Phi) is 5.65. The Morgan fingerprint density at radius 1 is 0.968 bits per heavy atom. The van der Waals surface area contributed by atoms with Crippen LogP contribution in [0.2, 0.25) is 0 Å². The van der Waals surface area contributed by atoms with Crippen LogP contribution in [0.1, 0.15) is 16.7 Å². The molecule has 0 spiro atoms. The summed E-state index contributed by atoms with van der Waals surface area (Å²) in [5.74, 6) is -1.23. The fourth-order valence-corrected chi connectivity index (χ4v) is 3.74. The molecule has 0 amide bonds. The Labute approximate surface area is 179 Å². The number of fused-ring (bicyclic) bond motifs is 1. The average molecular weight is 419 g/mol. The van der Waals surface area contributed by atoms with Gasteiger partial charge in [0.1, 0.15) is 11.6 Å². The first-order valence-corrected chi connectivity index (χ1v) is 10.0. The molecule has 31 heavy (non-hydrogen) atoms. The summed E-state index contributed by atoms with van der Waals surface area (Å²) < 4.78 is 28.6. The van der Waals surface area contributed by atoms with Crippen LogP contribution in [0, 0.1) is 25.5 Å². The Bertz CT molecular complexity index is 1330. The average Bonchev–Trinajstić information content (AvgIpc) is 2.74. The Hall–Kier alpha value is -3.38. The third kappa shape index (κ3) is 4.25. The number of rotatable bonds is 5. The predicted molar refractivity (Wildman–Crippen MR) is 119 cm³/mol. The van der Waals surface area contributed by atoms with E-state index in [4.69, 9.17) is 5.10 Å². The molecule has 3 aromatic carbocycles. The van der Waals surface area contributed by atoms with Gasteiger partial charge in [0.2, 0.25) is 0 Å². The van der Waals surface area contributed by atoms with Gasteiger partial charge < -0.3 is 0 Å². The van der Waals surface area contributed by atoms with E-state index in [-0.39, 0.29) is 18.8 Å². The molecule has 0 radical (unpaired) electrons. The van der Waals surface area contributed by atoms with Crippen LogP contribution in [0.15, 0.2) is 65.5 Å². The molecule has 158 valence electrons. The summed E-state index contributed by atoms with van der Waals surface area (Å²) in [5.41, 5.74) is 4.02. The highest BCUT2D eigenvalue weighted by Gasteiger charge is 2.15. The van der Waals surface area contributed by atoms with E-state index in [2.05, 4.69) is 6.07 Å². The SMILES string of the molecule is Cc1ccc(C)c(-c2nn(CN(C)Cc3ccc(F)cc3F)c(=O)c3ccccc23)c1. The van der Waals surface area contributed by atoms with Crippen LogP contribution < -0.4 is 5.56 Å². The minimum atomic E-state index is -0.616. The molecule has 1 aromatic heterocycles. The molecule has 0 saturated heterocycles. The van der Waals surface area contributed by atoms with E-state index < -0.39 is 11.6 Å². The molecule has 4 aromatic rings. The summed E-state index contributed by atoms with van der Waals surface area (Å²) >= 11 is 0. The molecular formula is C25H23F2N3O. The van der Waals surface area contributed by atoms with Crippen LogP contribution in [-0.4, -0.2) is 21.7 Å². The molecule has 0 unspecified atom stereocenters. The summed E-state index contributed by atoms with van der Waals surface area (Å²) in [6.07, 6.45) is 0. The summed E-state index contributed by atoms with van der Waals surface area (Å²) in [4.78, 5) is 14.9. The lowest BCUT2D eigenvalue weighted by molar-refractivity contribution is 0.238. The standard InChI is InChI=1S/C25H23F2N3O/c1-16-8-9-17(2)22(12-16)24-20-6-4-5-7-21(20)25(31)30(28-24)15-29(3)14-18-10-11-19(26)13-23(18)27/h4-13H,14-15H2,1-3H3. The number of aryl methyl sites for hydroxylation is 2. The van der Waals surface area contributed by atoms with Gasteiger partial charge in [-0.2, -0.15) is 5.10 Å². The fourth-order valence-electron chi connectivity index (χ4n) is 3.74. The second kappa shape index (κ2) is 8.40. The zero-order chi connectivity index (χ0) is 22.1. The topological polar surface area (TPSA) is 38.1 Å². The summed E-state index contributed by atoms with van der Waals surface area (Å²) in [7, 11) is 1.77. The molecule has 4 nitrogen and oxygen atoms in total. The van der Waals surface area contributed by atoms with Crippen molar-refractivity contribution >= 4 is 10.8 Å². The zero-order valence-corrected chi connectivity index (χ0v) is 17.7. The minimum Gasteiger partial charge on any atom is -0.283 e. The smallest absolute Gasteiger partial charge is 0.275 e. The largest absolute Gasteiger partial charge is 0.283 e. The van der Waals surface area contributed by atoms with Crippen LogP contribution in [0.3, 0.4) is 0 Å². The lowest BCUT2D eigenvalue weighted by atomic mass is 9.99. The third-order valence-corrected chi connectivity index (χ3v) is 5.35. The van der Waals surface area contributed by atoms with Gasteiger partial charge >= 0.3 is 0 Å². The van der Waals surface area contributed by atoms with Crippen molar-refractivity contribution in [3.8, 4) is 11.3 Å². The molecule has 6 heteroatoms. The van der Waals surface area contributed by atoms with Crippen molar-refractivity contribution in [1.29, 1.82) is 0 Å². The molecule has 4 rings (SSSR count). The van der Waals surface area contributed by atoms with Gasteiger partial charge in [-0.05, 0) is 44.7 Å². The fraction of sp³-hybridized carbons (Fsp3) is 0.200. The quantitative estimate of drug-likeness (QED) is 0.454. The number of aromatic nitrogens is 2. The van der Waals surface area contributed by atoms with Crippen molar-refractivity contribution in [3.05, 3.63) is 99.3 Å². The van der Waals surface area contributed by atoms with Crippen LogP contribution in [0.4, 0.5) is 8.78 Å². The number of nitrogens with zero attached hydrogens (tertiary/aromatic N) is 3. The highest BCUT2D eigenvalue weighted by Crippen LogP contribution is 2.28. The normalized spacial score (nSPS) is 11.4. The van der Waals surface area contributed by atoms with Crippen LogP contribution >= 0.6 is 0 Å². The summed E-state index contributed by atoms with van der Waals surface area (Å²) in [6, 6.07) is 17.1. The molecule has 0 bridgehead atoms. The first-order chi connectivity index (χ1) is 14.8. The lowest BCUT2D eigenvalue weighted by Crippen LogP contribution is -2.32. The Balaban J connectivity index is 1.77. The first-order valence-electron chi connectivity index (χ1n) is 10.0. The van der Waals surface area contributed by atoms with Crippen molar-refractivity contribution in [1.82, 2.24) is 14.7 Å². The van der Waals surface area contributed by atoms with E-state index in [9.17, 15) is 13.6 Å². The molecule has 0 aliphatic carbocycles. The molecule has 0 aliphatic rings. The predicted octanol–water partition coefficient (Wildman–Crippen LogP) is 5.05.